The van der Waals surface area contributed by atoms with E-state index in [-0.39, 0.29) is 30.7 Å². The molecule has 7 nitrogen and oxygen atoms in total. The summed E-state index contributed by atoms with van der Waals surface area (Å²) in [6.45, 7) is 3.53. The van der Waals surface area contributed by atoms with Gasteiger partial charge in [-0.2, -0.15) is 0 Å². The van der Waals surface area contributed by atoms with Gasteiger partial charge in [-0.1, -0.05) is 30.3 Å². The maximum Gasteiger partial charge on any atom is 0.257 e. The Morgan fingerprint density at radius 3 is 2.58 bits per heavy atom. The summed E-state index contributed by atoms with van der Waals surface area (Å²) in [5.74, 6) is -0.197. The van der Waals surface area contributed by atoms with Gasteiger partial charge in [0.25, 0.3) is 5.91 Å². The molecule has 1 atom stereocenters. The number of nitrogens with one attached hydrogen (secondary N) is 2. The maximum absolute atomic E-state index is 13.2. The topological polar surface area (TPSA) is 81.8 Å². The van der Waals surface area contributed by atoms with E-state index in [9.17, 15) is 14.4 Å². The fourth-order valence-electron chi connectivity index (χ4n) is 4.45. The molecule has 7 heteroatoms. The lowest BCUT2D eigenvalue weighted by Gasteiger charge is -2.48. The number of fused-ring (bicyclic) bond motifs is 3. The molecule has 3 amide bonds. The highest BCUT2D eigenvalue weighted by atomic mass is 16.2. The SMILES string of the molecule is CC12CCC(=O)N1c1ccccc1C(=O)N2CCC(=O)NCCCNc1ccccc1. The van der Waals surface area contributed by atoms with Crippen LogP contribution in [0.5, 0.6) is 0 Å². The number of hydrogen-bond acceptors (Lipinski definition) is 4. The van der Waals surface area contributed by atoms with Gasteiger partial charge in [0, 0.05) is 38.2 Å². The fourth-order valence-corrected chi connectivity index (χ4v) is 4.45. The summed E-state index contributed by atoms with van der Waals surface area (Å²) >= 11 is 0. The summed E-state index contributed by atoms with van der Waals surface area (Å²) in [5.41, 5.74) is 1.52. The number of carbonyl (C=O) groups is 3. The Morgan fingerprint density at radius 1 is 1.03 bits per heavy atom. The number of nitrogens with zero attached hydrogens (tertiary/aromatic N) is 2. The predicted octanol–water partition coefficient (Wildman–Crippen LogP) is 2.99. The molecule has 2 aliphatic rings. The van der Waals surface area contributed by atoms with Crippen molar-refractivity contribution < 1.29 is 14.4 Å². The third kappa shape index (κ3) is 4.13. The van der Waals surface area contributed by atoms with E-state index in [1.807, 2.05) is 49.4 Å². The van der Waals surface area contributed by atoms with Crippen molar-refractivity contribution in [3.63, 3.8) is 0 Å². The second kappa shape index (κ2) is 8.79. The third-order valence-electron chi connectivity index (χ3n) is 6.09. The largest absolute Gasteiger partial charge is 0.385 e. The molecule has 1 saturated heterocycles. The van der Waals surface area contributed by atoms with Crippen LogP contribution in [-0.4, -0.2) is 47.9 Å². The van der Waals surface area contributed by atoms with Gasteiger partial charge in [-0.3, -0.25) is 19.3 Å². The van der Waals surface area contributed by atoms with Gasteiger partial charge in [0.15, 0.2) is 0 Å². The van der Waals surface area contributed by atoms with Crippen LogP contribution in [0.25, 0.3) is 0 Å². The van der Waals surface area contributed by atoms with Crippen molar-refractivity contribution in [2.24, 2.45) is 0 Å². The van der Waals surface area contributed by atoms with Gasteiger partial charge in [-0.15, -0.1) is 0 Å². The molecule has 2 aromatic carbocycles. The number of hydrogen-bond donors (Lipinski definition) is 2. The van der Waals surface area contributed by atoms with Crippen molar-refractivity contribution in [3.8, 4) is 0 Å². The highest BCUT2D eigenvalue weighted by Gasteiger charge is 2.52. The van der Waals surface area contributed by atoms with Crippen molar-refractivity contribution in [2.45, 2.75) is 38.3 Å². The van der Waals surface area contributed by atoms with Crippen molar-refractivity contribution in [3.05, 3.63) is 60.2 Å². The van der Waals surface area contributed by atoms with Gasteiger partial charge in [0.2, 0.25) is 11.8 Å². The molecule has 1 fully saturated rings. The van der Waals surface area contributed by atoms with Gasteiger partial charge in [-0.25, -0.2) is 0 Å². The number of benzene rings is 2. The standard InChI is InChI=1S/C24H28N4O3/c1-24-14-12-22(30)28(24)20-11-6-5-10-19(20)23(31)27(24)17-13-21(29)26-16-7-15-25-18-8-3-2-4-9-18/h2-6,8-11,25H,7,12-17H2,1H3,(H,26,29). The number of amides is 3. The summed E-state index contributed by atoms with van der Waals surface area (Å²) in [6.07, 6.45) is 1.97. The Morgan fingerprint density at radius 2 is 1.77 bits per heavy atom. The Hall–Kier alpha value is -3.35. The minimum Gasteiger partial charge on any atom is -0.385 e. The smallest absolute Gasteiger partial charge is 0.257 e. The van der Waals surface area contributed by atoms with E-state index in [1.165, 1.54) is 0 Å². The van der Waals surface area contributed by atoms with Gasteiger partial charge in [-0.05, 0) is 44.0 Å². The first-order chi connectivity index (χ1) is 15.0. The predicted molar refractivity (Wildman–Crippen MR) is 120 cm³/mol. The lowest BCUT2D eigenvalue weighted by Crippen LogP contribution is -2.62. The molecular weight excluding hydrogens is 392 g/mol. The van der Waals surface area contributed by atoms with E-state index < -0.39 is 5.66 Å². The molecule has 2 heterocycles. The van der Waals surface area contributed by atoms with Crippen LogP contribution in [0, 0.1) is 0 Å². The van der Waals surface area contributed by atoms with E-state index in [1.54, 1.807) is 21.9 Å². The first-order valence-corrected chi connectivity index (χ1v) is 10.8. The van der Waals surface area contributed by atoms with Crippen LogP contribution in [0.15, 0.2) is 54.6 Å². The van der Waals surface area contributed by atoms with Crippen molar-refractivity contribution in [2.75, 3.05) is 29.9 Å². The van der Waals surface area contributed by atoms with E-state index >= 15 is 0 Å². The molecule has 4 rings (SSSR count). The van der Waals surface area contributed by atoms with E-state index in [2.05, 4.69) is 10.6 Å². The summed E-state index contributed by atoms with van der Waals surface area (Å²) in [7, 11) is 0. The number of para-hydroxylation sites is 2. The quantitative estimate of drug-likeness (QED) is 0.644. The second-order valence-electron chi connectivity index (χ2n) is 8.17. The summed E-state index contributed by atoms with van der Waals surface area (Å²) < 4.78 is 0. The normalized spacial score (nSPS) is 19.8. The first-order valence-electron chi connectivity index (χ1n) is 10.8. The Balaban J connectivity index is 1.31. The average Bonchev–Trinajstić information content (AvgIpc) is 3.09. The fraction of sp³-hybridized carbons (Fsp3) is 0.375. The Kier molecular flexibility index (Phi) is 5.93. The molecule has 0 saturated carbocycles. The molecule has 0 bridgehead atoms. The number of anilines is 2. The minimum absolute atomic E-state index is 0.0165. The molecule has 31 heavy (non-hydrogen) atoms. The molecule has 1 unspecified atom stereocenters. The minimum atomic E-state index is -0.720. The lowest BCUT2D eigenvalue weighted by atomic mass is 9.98. The van der Waals surface area contributed by atoms with E-state index in [0.29, 0.717) is 30.6 Å². The van der Waals surface area contributed by atoms with Crippen LogP contribution < -0.4 is 15.5 Å². The maximum atomic E-state index is 13.2. The van der Waals surface area contributed by atoms with Crippen LogP contribution in [0.1, 0.15) is 43.0 Å². The molecule has 0 aliphatic carbocycles. The lowest BCUT2D eigenvalue weighted by molar-refractivity contribution is -0.121. The third-order valence-corrected chi connectivity index (χ3v) is 6.09. The molecular formula is C24H28N4O3. The monoisotopic (exact) mass is 420 g/mol. The molecule has 2 aromatic rings. The summed E-state index contributed by atoms with van der Waals surface area (Å²) in [5, 5.41) is 6.24. The number of rotatable bonds is 8. The summed E-state index contributed by atoms with van der Waals surface area (Å²) in [6, 6.07) is 17.1. The van der Waals surface area contributed by atoms with Crippen LogP contribution in [0.4, 0.5) is 11.4 Å². The molecule has 2 aliphatic heterocycles. The van der Waals surface area contributed by atoms with Crippen LogP contribution >= 0.6 is 0 Å². The van der Waals surface area contributed by atoms with E-state index in [0.717, 1.165) is 18.7 Å². The number of carbonyl (C=O) groups excluding carboxylic acids is 3. The zero-order valence-electron chi connectivity index (χ0n) is 17.8. The average molecular weight is 421 g/mol. The van der Waals surface area contributed by atoms with Gasteiger partial charge >= 0.3 is 0 Å². The molecule has 0 spiro atoms. The van der Waals surface area contributed by atoms with Gasteiger partial charge in [0.05, 0.1) is 11.3 Å². The van der Waals surface area contributed by atoms with Crippen LogP contribution in [0.3, 0.4) is 0 Å². The van der Waals surface area contributed by atoms with Crippen LogP contribution in [-0.2, 0) is 9.59 Å². The Labute approximate surface area is 182 Å². The van der Waals surface area contributed by atoms with Crippen LogP contribution in [0.2, 0.25) is 0 Å². The highest BCUT2D eigenvalue weighted by Crippen LogP contribution is 2.43. The zero-order chi connectivity index (χ0) is 21.8. The molecule has 0 radical (unpaired) electrons. The highest BCUT2D eigenvalue weighted by molar-refractivity contribution is 6.10. The Bertz CT molecular complexity index is 978. The van der Waals surface area contributed by atoms with E-state index in [4.69, 9.17) is 0 Å². The first kappa shape index (κ1) is 20.9. The van der Waals surface area contributed by atoms with Crippen molar-refractivity contribution in [1.82, 2.24) is 10.2 Å². The van der Waals surface area contributed by atoms with Crippen molar-refractivity contribution in [1.29, 1.82) is 0 Å². The molecule has 162 valence electrons. The second-order valence-corrected chi connectivity index (χ2v) is 8.17. The van der Waals surface area contributed by atoms with Crippen molar-refractivity contribution >= 4 is 29.1 Å². The van der Waals surface area contributed by atoms with Gasteiger partial charge in [0.1, 0.15) is 5.66 Å². The molecule has 2 N–H and O–H groups in total. The van der Waals surface area contributed by atoms with Gasteiger partial charge < -0.3 is 15.5 Å². The molecule has 0 aromatic heterocycles. The summed E-state index contributed by atoms with van der Waals surface area (Å²) in [4.78, 5) is 41.5. The zero-order valence-corrected chi connectivity index (χ0v) is 17.8.